The zero-order valence-corrected chi connectivity index (χ0v) is 10.7. The second-order valence-corrected chi connectivity index (χ2v) is 6.08. The van der Waals surface area contributed by atoms with Crippen molar-refractivity contribution in [3.05, 3.63) is 34.9 Å². The van der Waals surface area contributed by atoms with E-state index < -0.39 is 8.16 Å². The molecule has 0 saturated heterocycles. The molecule has 0 heterocycles. The minimum atomic E-state index is -1.18. The van der Waals surface area contributed by atoms with Crippen molar-refractivity contribution >= 4 is 35.1 Å². The van der Waals surface area contributed by atoms with Crippen LogP contribution in [0.1, 0.15) is 23.1 Å². The molecule has 0 N–H and O–H groups in total. The van der Waals surface area contributed by atoms with Crippen molar-refractivity contribution < 1.29 is 4.21 Å². The molecule has 2 rings (SSSR count). The van der Waals surface area contributed by atoms with Crippen LogP contribution in [0.3, 0.4) is 0 Å². The fraction of sp³-hybridized carbons (Fsp3) is 0.200. The van der Waals surface area contributed by atoms with Crippen molar-refractivity contribution in [2.45, 2.75) is 12.8 Å². The van der Waals surface area contributed by atoms with Crippen molar-refractivity contribution in [3.8, 4) is 6.07 Å². The number of rotatable bonds is 1. The minimum absolute atomic E-state index is 0.672. The molecule has 0 radical (unpaired) electrons. The molecule has 0 aliphatic heterocycles. The van der Waals surface area contributed by atoms with E-state index >= 15 is 0 Å². The SMILES string of the molecule is N#Cc1ccc2c(c1)CC/C2=N\S(=O)I. The van der Waals surface area contributed by atoms with Crippen LogP contribution in [0, 0.1) is 11.3 Å². The van der Waals surface area contributed by atoms with Crippen LogP contribution in [0.2, 0.25) is 0 Å². The third-order valence-electron chi connectivity index (χ3n) is 2.36. The zero-order valence-electron chi connectivity index (χ0n) is 7.74. The third kappa shape index (κ3) is 2.26. The van der Waals surface area contributed by atoms with Gasteiger partial charge in [0.05, 0.1) is 38.5 Å². The van der Waals surface area contributed by atoms with E-state index in [0.717, 1.165) is 29.7 Å². The first-order valence-corrected chi connectivity index (χ1v) is 8.05. The molecule has 1 aromatic carbocycles. The van der Waals surface area contributed by atoms with Gasteiger partial charge in [-0.2, -0.15) is 9.66 Å². The Hall–Kier alpha value is -0.740. The second kappa shape index (κ2) is 4.41. The molecule has 1 aliphatic carbocycles. The predicted molar refractivity (Wildman–Crippen MR) is 68.2 cm³/mol. The van der Waals surface area contributed by atoms with Crippen molar-refractivity contribution in [2.24, 2.45) is 4.40 Å². The van der Waals surface area contributed by atoms with Crippen LogP contribution in [-0.4, -0.2) is 9.92 Å². The van der Waals surface area contributed by atoms with E-state index in [0.29, 0.717) is 5.56 Å². The average Bonchev–Trinajstić information content (AvgIpc) is 2.60. The van der Waals surface area contributed by atoms with Gasteiger partial charge >= 0.3 is 0 Å². The lowest BCUT2D eigenvalue weighted by atomic mass is 10.1. The van der Waals surface area contributed by atoms with Gasteiger partial charge in [-0.25, -0.2) is 4.21 Å². The van der Waals surface area contributed by atoms with Crippen molar-refractivity contribution in [2.75, 3.05) is 0 Å². The van der Waals surface area contributed by atoms with Crippen LogP contribution in [0.25, 0.3) is 0 Å². The van der Waals surface area contributed by atoms with Gasteiger partial charge in [0.15, 0.2) is 0 Å². The molecule has 0 spiro atoms. The van der Waals surface area contributed by atoms with Crippen LogP contribution in [0.15, 0.2) is 22.6 Å². The highest BCUT2D eigenvalue weighted by atomic mass is 127. The summed E-state index contributed by atoms with van der Waals surface area (Å²) in [5.74, 6) is 0. The molecule has 3 nitrogen and oxygen atoms in total. The van der Waals surface area contributed by atoms with E-state index in [4.69, 9.17) is 5.26 Å². The molecule has 5 heteroatoms. The largest absolute Gasteiger partial charge is 0.224 e. The first-order chi connectivity index (χ1) is 7.20. The van der Waals surface area contributed by atoms with Gasteiger partial charge in [-0.05, 0) is 30.5 Å². The minimum Gasteiger partial charge on any atom is -0.224 e. The maximum absolute atomic E-state index is 11.0. The summed E-state index contributed by atoms with van der Waals surface area (Å²) in [7, 11) is -1.18. The molecule has 1 aliphatic rings. The van der Waals surface area contributed by atoms with Gasteiger partial charge in [0, 0.05) is 5.56 Å². The van der Waals surface area contributed by atoms with E-state index in [2.05, 4.69) is 10.5 Å². The lowest BCUT2D eigenvalue weighted by molar-refractivity contribution is 0.694. The summed E-state index contributed by atoms with van der Waals surface area (Å²) in [6.45, 7) is 0. The standard InChI is InChI=1S/C10H7IN2OS/c11-15(14)13-10-4-2-8-5-7(6-12)1-3-9(8)10/h1,3,5H,2,4H2/b13-10+. The van der Waals surface area contributed by atoms with E-state index in [-0.39, 0.29) is 0 Å². The van der Waals surface area contributed by atoms with Gasteiger partial charge in [0.2, 0.25) is 8.16 Å². The molecule has 1 aromatic rings. The van der Waals surface area contributed by atoms with Crippen molar-refractivity contribution in [1.29, 1.82) is 5.26 Å². The third-order valence-corrected chi connectivity index (χ3v) is 3.31. The number of benzene rings is 1. The Morgan fingerprint density at radius 2 is 2.27 bits per heavy atom. The number of fused-ring (bicyclic) bond motifs is 1. The second-order valence-electron chi connectivity index (χ2n) is 3.23. The normalized spacial score (nSPS) is 18.5. The van der Waals surface area contributed by atoms with Crippen LogP contribution in [-0.2, 0) is 14.6 Å². The molecule has 76 valence electrons. The Morgan fingerprint density at radius 1 is 1.47 bits per heavy atom. The van der Waals surface area contributed by atoms with Crippen LogP contribution < -0.4 is 0 Å². The van der Waals surface area contributed by atoms with E-state index in [9.17, 15) is 4.21 Å². The quantitative estimate of drug-likeness (QED) is 0.586. The fourth-order valence-corrected chi connectivity index (χ4v) is 2.80. The topological polar surface area (TPSA) is 53.2 Å². The summed E-state index contributed by atoms with van der Waals surface area (Å²) in [5.41, 5.74) is 3.74. The molecular weight excluding hydrogens is 323 g/mol. The highest BCUT2D eigenvalue weighted by Gasteiger charge is 2.18. The maximum Gasteiger partial charge on any atom is 0.203 e. The van der Waals surface area contributed by atoms with Gasteiger partial charge in [-0.1, -0.05) is 6.07 Å². The van der Waals surface area contributed by atoms with Crippen LogP contribution in [0.5, 0.6) is 0 Å². The summed E-state index contributed by atoms with van der Waals surface area (Å²) in [6, 6.07) is 7.66. The zero-order chi connectivity index (χ0) is 10.8. The number of halogens is 1. The Bertz CT molecular complexity index is 505. The van der Waals surface area contributed by atoms with E-state index in [1.165, 1.54) is 0 Å². The number of nitrogens with zero attached hydrogens (tertiary/aromatic N) is 2. The number of hydrogen-bond donors (Lipinski definition) is 0. The fourth-order valence-electron chi connectivity index (χ4n) is 1.72. The van der Waals surface area contributed by atoms with Gasteiger partial charge in [-0.15, -0.1) is 0 Å². The number of hydrogen-bond acceptors (Lipinski definition) is 2. The Labute approximate surface area is 102 Å². The first-order valence-electron chi connectivity index (χ1n) is 4.40. The van der Waals surface area contributed by atoms with E-state index in [1.54, 1.807) is 27.3 Å². The monoisotopic (exact) mass is 330 g/mol. The first kappa shape index (κ1) is 10.8. The smallest absolute Gasteiger partial charge is 0.203 e. The summed E-state index contributed by atoms with van der Waals surface area (Å²) in [4.78, 5) is 0. The lowest BCUT2D eigenvalue weighted by Gasteiger charge is -1.98. The number of aryl methyl sites for hydroxylation is 1. The van der Waals surface area contributed by atoms with E-state index in [1.807, 2.05) is 12.1 Å². The van der Waals surface area contributed by atoms with Gasteiger partial charge < -0.3 is 0 Å². The summed E-state index contributed by atoms with van der Waals surface area (Å²) in [6.07, 6.45) is 1.70. The number of nitriles is 1. The van der Waals surface area contributed by atoms with Crippen LogP contribution in [0.4, 0.5) is 0 Å². The molecule has 0 saturated carbocycles. The van der Waals surface area contributed by atoms with Gasteiger partial charge in [0.25, 0.3) is 0 Å². The molecule has 1 atom stereocenters. The van der Waals surface area contributed by atoms with Crippen molar-refractivity contribution in [3.63, 3.8) is 0 Å². The Morgan fingerprint density at radius 3 is 2.93 bits per heavy atom. The molecule has 0 amide bonds. The highest BCUT2D eigenvalue weighted by molar-refractivity contribution is 14.2. The summed E-state index contributed by atoms with van der Waals surface area (Å²) < 4.78 is 15.1. The maximum atomic E-state index is 11.0. The molecule has 15 heavy (non-hydrogen) atoms. The molecule has 0 fully saturated rings. The van der Waals surface area contributed by atoms with Gasteiger partial charge in [-0.3, -0.25) is 0 Å². The van der Waals surface area contributed by atoms with Crippen molar-refractivity contribution in [1.82, 2.24) is 0 Å². The Kier molecular flexibility index (Phi) is 3.17. The molecule has 0 bridgehead atoms. The van der Waals surface area contributed by atoms with Gasteiger partial charge in [0.1, 0.15) is 0 Å². The molecule has 0 aromatic heterocycles. The predicted octanol–water partition coefficient (Wildman–Crippen LogP) is 2.31. The summed E-state index contributed by atoms with van der Waals surface area (Å²) in [5, 5.41) is 8.75. The molecule has 1 unspecified atom stereocenters. The average molecular weight is 330 g/mol. The summed E-state index contributed by atoms with van der Waals surface area (Å²) >= 11 is 1.78. The molecular formula is C10H7IN2OS. The lowest BCUT2D eigenvalue weighted by Crippen LogP contribution is -1.95. The van der Waals surface area contributed by atoms with Crippen LogP contribution >= 0.6 is 21.2 Å². The Balaban J connectivity index is 2.46. The highest BCUT2D eigenvalue weighted by Crippen LogP contribution is 2.24.